The molecule has 2 unspecified atom stereocenters. The van der Waals surface area contributed by atoms with Crippen LogP contribution in [0.1, 0.15) is 38.7 Å². The van der Waals surface area contributed by atoms with Crippen molar-refractivity contribution in [3.8, 4) is 0 Å². The Morgan fingerprint density at radius 2 is 1.97 bits per heavy atom. The second-order valence-electron chi connectivity index (χ2n) is 6.89. The Morgan fingerprint density at radius 1 is 1.26 bits per heavy atom. The van der Waals surface area contributed by atoms with Crippen LogP contribution in [0.4, 0.5) is 5.69 Å². The number of methoxy groups -OCH3 is 1. The molecule has 1 heterocycles. The molecule has 10 nitrogen and oxygen atoms in total. The van der Waals surface area contributed by atoms with E-state index in [1.54, 1.807) is 26.8 Å². The number of aliphatic imine (C=N–C) groups is 1. The normalized spacial score (nSPS) is 18.1. The Morgan fingerprint density at radius 3 is 2.58 bits per heavy atom. The van der Waals surface area contributed by atoms with Crippen LogP contribution in [0.25, 0.3) is 0 Å². The zero-order chi connectivity index (χ0) is 23.1. The maximum Gasteiger partial charge on any atom is 0.315 e. The summed E-state index contributed by atoms with van der Waals surface area (Å²) in [5.41, 5.74) is 1.24. The van der Waals surface area contributed by atoms with Gasteiger partial charge < -0.3 is 14.8 Å². The van der Waals surface area contributed by atoms with Gasteiger partial charge in [-0.2, -0.15) is 0 Å². The number of nitrogens with one attached hydrogen (secondary N) is 1. The summed E-state index contributed by atoms with van der Waals surface area (Å²) in [5, 5.41) is 13.9. The van der Waals surface area contributed by atoms with E-state index in [0.717, 1.165) is 0 Å². The fraction of sp³-hybridized carbons (Fsp3) is 0.429. The minimum Gasteiger partial charge on any atom is -0.468 e. The molecule has 2 atom stereocenters. The number of nitrogens with zero attached hydrogens (tertiary/aromatic N) is 2. The molecule has 0 bridgehead atoms. The van der Waals surface area contributed by atoms with E-state index in [0.29, 0.717) is 17.0 Å². The molecule has 2 rings (SSSR count). The number of benzene rings is 1. The molecule has 1 aliphatic rings. The van der Waals surface area contributed by atoms with Gasteiger partial charge in [-0.05, 0) is 26.3 Å². The van der Waals surface area contributed by atoms with Crippen LogP contribution in [-0.2, 0) is 23.9 Å². The number of carbonyl (C=O) groups is 3. The summed E-state index contributed by atoms with van der Waals surface area (Å²) in [5.74, 6) is -3.35. The zero-order valence-corrected chi connectivity index (χ0v) is 17.8. The van der Waals surface area contributed by atoms with Crippen molar-refractivity contribution in [2.75, 3.05) is 20.3 Å². The summed E-state index contributed by atoms with van der Waals surface area (Å²) < 4.78 is 9.77. The summed E-state index contributed by atoms with van der Waals surface area (Å²) >= 11 is 0. The van der Waals surface area contributed by atoms with E-state index in [1.807, 2.05) is 0 Å². The highest BCUT2D eigenvalue weighted by Crippen LogP contribution is 2.40. The van der Waals surface area contributed by atoms with Gasteiger partial charge >= 0.3 is 11.9 Å². The van der Waals surface area contributed by atoms with E-state index in [9.17, 15) is 24.5 Å². The van der Waals surface area contributed by atoms with Crippen molar-refractivity contribution in [1.82, 2.24) is 5.32 Å². The number of nitro groups is 1. The Hall–Kier alpha value is -3.56. The predicted octanol–water partition coefficient (Wildman–Crippen LogP) is 2.29. The van der Waals surface area contributed by atoms with E-state index < -0.39 is 34.6 Å². The smallest absolute Gasteiger partial charge is 0.315 e. The second kappa shape index (κ2) is 10.5. The Kier molecular flexibility index (Phi) is 8.00. The minimum absolute atomic E-state index is 0.0177. The summed E-state index contributed by atoms with van der Waals surface area (Å²) in [6.45, 7) is 5.22. The Bertz CT molecular complexity index is 952. The van der Waals surface area contributed by atoms with Crippen LogP contribution in [0, 0.1) is 16.0 Å². The van der Waals surface area contributed by atoms with E-state index >= 15 is 0 Å². The number of rotatable bonds is 8. The lowest BCUT2D eigenvalue weighted by Gasteiger charge is -2.31. The van der Waals surface area contributed by atoms with Gasteiger partial charge in [0, 0.05) is 41.6 Å². The highest BCUT2D eigenvalue weighted by Gasteiger charge is 2.41. The van der Waals surface area contributed by atoms with Crippen molar-refractivity contribution in [1.29, 1.82) is 0 Å². The lowest BCUT2D eigenvalue weighted by atomic mass is 9.75. The van der Waals surface area contributed by atoms with Gasteiger partial charge in [0.05, 0.1) is 25.1 Å². The molecule has 0 fully saturated rings. The summed E-state index contributed by atoms with van der Waals surface area (Å²) in [4.78, 5) is 52.2. The molecule has 0 radical (unpaired) electrons. The van der Waals surface area contributed by atoms with Gasteiger partial charge in [0.1, 0.15) is 5.92 Å². The van der Waals surface area contributed by atoms with Crippen molar-refractivity contribution in [3.05, 3.63) is 51.2 Å². The molecule has 1 aromatic rings. The van der Waals surface area contributed by atoms with Crippen molar-refractivity contribution in [3.63, 3.8) is 0 Å². The molecule has 0 saturated carbocycles. The number of hydrogen-bond acceptors (Lipinski definition) is 8. The van der Waals surface area contributed by atoms with Crippen LogP contribution in [0.5, 0.6) is 0 Å². The topological polar surface area (TPSA) is 137 Å². The first-order valence-electron chi connectivity index (χ1n) is 9.73. The van der Waals surface area contributed by atoms with E-state index in [2.05, 4.69) is 10.3 Å². The van der Waals surface area contributed by atoms with Gasteiger partial charge in [-0.25, -0.2) is 0 Å². The SMILES string of the molecule is CCOC(=O)CCNC(=O)C1=C(C)N=C(C)C(C(=O)OC)C1c1cccc([N+](=O)[O-])c1. The molecule has 0 aromatic heterocycles. The van der Waals surface area contributed by atoms with Gasteiger partial charge in [-0.1, -0.05) is 12.1 Å². The molecule has 0 saturated heterocycles. The molecular formula is C21H25N3O7. The first kappa shape index (κ1) is 23.7. The molecule has 1 aliphatic heterocycles. The first-order valence-corrected chi connectivity index (χ1v) is 9.73. The number of ether oxygens (including phenoxy) is 2. The first-order chi connectivity index (χ1) is 14.7. The molecule has 10 heteroatoms. The number of hydrogen-bond donors (Lipinski definition) is 1. The fourth-order valence-corrected chi connectivity index (χ4v) is 3.56. The molecule has 0 spiro atoms. The van der Waals surface area contributed by atoms with Crippen LogP contribution in [0.3, 0.4) is 0 Å². The number of nitro benzene ring substituents is 1. The van der Waals surface area contributed by atoms with Gasteiger partial charge in [-0.15, -0.1) is 0 Å². The summed E-state index contributed by atoms with van der Waals surface area (Å²) in [6.07, 6.45) is -0.0177. The molecule has 31 heavy (non-hydrogen) atoms. The zero-order valence-electron chi connectivity index (χ0n) is 17.8. The third kappa shape index (κ3) is 5.53. The maximum atomic E-state index is 13.0. The number of allylic oxidation sites excluding steroid dienone is 1. The second-order valence-corrected chi connectivity index (χ2v) is 6.89. The standard InChI is InChI=1S/C21H25N3O7/c1-5-31-16(25)9-10-22-20(26)17-12(2)23-13(3)18(21(27)30-4)19(17)14-7-6-8-15(11-14)24(28)29/h6-8,11,18-19H,5,9-10H2,1-4H3,(H,22,26). The highest BCUT2D eigenvalue weighted by atomic mass is 16.6. The lowest BCUT2D eigenvalue weighted by molar-refractivity contribution is -0.384. The summed E-state index contributed by atoms with van der Waals surface area (Å²) in [6, 6.07) is 5.77. The fourth-order valence-electron chi connectivity index (χ4n) is 3.56. The molecule has 166 valence electrons. The molecule has 1 N–H and O–H groups in total. The number of carbonyl (C=O) groups excluding carboxylic acids is 3. The van der Waals surface area contributed by atoms with E-state index in [1.165, 1.54) is 25.3 Å². The van der Waals surface area contributed by atoms with Crippen molar-refractivity contribution in [2.24, 2.45) is 10.9 Å². The number of esters is 2. The summed E-state index contributed by atoms with van der Waals surface area (Å²) in [7, 11) is 1.23. The average molecular weight is 431 g/mol. The lowest BCUT2D eigenvalue weighted by Crippen LogP contribution is -2.39. The molecule has 1 amide bonds. The average Bonchev–Trinajstić information content (AvgIpc) is 2.72. The van der Waals surface area contributed by atoms with E-state index in [4.69, 9.17) is 9.47 Å². The molecule has 0 aliphatic carbocycles. The number of non-ortho nitro benzene ring substituents is 1. The van der Waals surface area contributed by atoms with Crippen LogP contribution in [-0.4, -0.2) is 48.7 Å². The molecular weight excluding hydrogens is 406 g/mol. The quantitative estimate of drug-likeness (QED) is 0.379. The van der Waals surface area contributed by atoms with Crippen LogP contribution >= 0.6 is 0 Å². The van der Waals surface area contributed by atoms with Crippen LogP contribution < -0.4 is 5.32 Å². The van der Waals surface area contributed by atoms with Crippen LogP contribution in [0.2, 0.25) is 0 Å². The maximum absolute atomic E-state index is 13.0. The highest BCUT2D eigenvalue weighted by molar-refractivity contribution is 6.08. The van der Waals surface area contributed by atoms with Gasteiger partial charge in [0.15, 0.2) is 0 Å². The largest absolute Gasteiger partial charge is 0.468 e. The van der Waals surface area contributed by atoms with Gasteiger partial charge in [0.2, 0.25) is 5.91 Å². The third-order valence-electron chi connectivity index (χ3n) is 4.89. The van der Waals surface area contributed by atoms with Crippen molar-refractivity contribution < 1.29 is 28.8 Å². The minimum atomic E-state index is -0.929. The monoisotopic (exact) mass is 431 g/mol. The Labute approximate surface area is 179 Å². The van der Waals surface area contributed by atoms with Crippen LogP contribution in [0.15, 0.2) is 40.5 Å². The predicted molar refractivity (Wildman–Crippen MR) is 111 cm³/mol. The van der Waals surface area contributed by atoms with Gasteiger partial charge in [-0.3, -0.25) is 29.5 Å². The molecule has 1 aromatic carbocycles. The van der Waals surface area contributed by atoms with E-state index in [-0.39, 0.29) is 30.8 Å². The van der Waals surface area contributed by atoms with Crippen molar-refractivity contribution >= 4 is 29.2 Å². The number of amides is 1. The third-order valence-corrected chi connectivity index (χ3v) is 4.89. The van der Waals surface area contributed by atoms with Gasteiger partial charge in [0.25, 0.3) is 5.69 Å². The van der Waals surface area contributed by atoms with Crippen molar-refractivity contribution in [2.45, 2.75) is 33.1 Å². The Balaban J connectivity index is 2.46.